The topological polar surface area (TPSA) is 89.6 Å². The average molecular weight is 518 g/mol. The van der Waals surface area contributed by atoms with E-state index in [4.69, 9.17) is 14.7 Å². The Labute approximate surface area is 216 Å². The lowest BCUT2D eigenvalue weighted by molar-refractivity contribution is 0.146. The van der Waals surface area contributed by atoms with Crippen molar-refractivity contribution in [2.45, 2.75) is 25.4 Å². The number of hydrogen-bond donors (Lipinski definition) is 1. The van der Waals surface area contributed by atoms with Crippen molar-refractivity contribution in [3.8, 4) is 40.0 Å². The van der Waals surface area contributed by atoms with E-state index in [9.17, 15) is 8.78 Å². The lowest BCUT2D eigenvalue weighted by Crippen LogP contribution is -2.29. The first-order valence-electron chi connectivity index (χ1n) is 11.6. The Morgan fingerprint density at radius 1 is 1.16 bits per heavy atom. The molecule has 4 heterocycles. The molecule has 11 heteroatoms. The van der Waals surface area contributed by atoms with Gasteiger partial charge in [0.2, 0.25) is 0 Å². The number of pyridine rings is 1. The number of alkyl halides is 2. The first kappa shape index (κ1) is 23.4. The molecule has 1 atom stereocenters. The highest BCUT2D eigenvalue weighted by molar-refractivity contribution is 8.27. The molecule has 1 aromatic carbocycles. The van der Waals surface area contributed by atoms with E-state index in [2.05, 4.69) is 32.3 Å². The molecule has 186 valence electrons. The normalized spacial score (nSPS) is 18.3. The molecule has 1 aliphatic carbocycles. The zero-order valence-corrected chi connectivity index (χ0v) is 20.8. The predicted octanol–water partition coefficient (Wildman–Crippen LogP) is 4.57. The molecule has 8 nitrogen and oxygen atoms in total. The van der Waals surface area contributed by atoms with Crippen LogP contribution >= 0.6 is 11.8 Å². The fourth-order valence-corrected chi connectivity index (χ4v) is 5.01. The van der Waals surface area contributed by atoms with Gasteiger partial charge in [-0.15, -0.1) is 0 Å². The molecule has 6 rings (SSSR count). The third kappa shape index (κ3) is 4.72. The van der Waals surface area contributed by atoms with E-state index in [1.54, 1.807) is 19.4 Å². The summed E-state index contributed by atoms with van der Waals surface area (Å²) in [5, 5.41) is 13.3. The molecule has 3 aromatic rings. The lowest BCUT2D eigenvalue weighted by Gasteiger charge is -2.15. The summed E-state index contributed by atoms with van der Waals surface area (Å²) in [5.74, 6) is 7.21. The first-order valence-corrected chi connectivity index (χ1v) is 12.5. The Kier molecular flexibility index (Phi) is 5.96. The van der Waals surface area contributed by atoms with E-state index in [-0.39, 0.29) is 11.9 Å². The molecule has 3 aliphatic rings. The van der Waals surface area contributed by atoms with Gasteiger partial charge in [-0.1, -0.05) is 18.1 Å². The minimum atomic E-state index is -2.72. The molecule has 2 aliphatic heterocycles. The van der Waals surface area contributed by atoms with E-state index < -0.39 is 6.43 Å². The monoisotopic (exact) mass is 517 g/mol. The Morgan fingerprint density at radius 3 is 2.76 bits per heavy atom. The number of ether oxygens (including phenoxy) is 1. The zero-order valence-electron chi connectivity index (χ0n) is 19.9. The number of hydrogen-bond acceptors (Lipinski definition) is 8. The highest BCUT2D eigenvalue weighted by Crippen LogP contribution is 2.40. The van der Waals surface area contributed by atoms with Crippen LogP contribution in [0.25, 0.3) is 22.4 Å². The fourth-order valence-electron chi connectivity index (χ4n) is 3.99. The average Bonchev–Trinajstić information content (AvgIpc) is 3.49. The van der Waals surface area contributed by atoms with Crippen LogP contribution in [0.4, 0.5) is 8.78 Å². The highest BCUT2D eigenvalue weighted by atomic mass is 32.2. The van der Waals surface area contributed by atoms with Crippen LogP contribution in [0, 0.1) is 17.8 Å². The van der Waals surface area contributed by atoms with Crippen LogP contribution in [0.15, 0.2) is 58.5 Å². The van der Waals surface area contributed by atoms with Crippen molar-refractivity contribution in [3.05, 3.63) is 59.8 Å². The van der Waals surface area contributed by atoms with Crippen LogP contribution in [0.1, 0.15) is 30.5 Å². The van der Waals surface area contributed by atoms with Gasteiger partial charge in [0, 0.05) is 35.9 Å². The summed E-state index contributed by atoms with van der Waals surface area (Å²) in [6, 6.07) is 7.07. The molecule has 2 aromatic heterocycles. The second-order valence-electron chi connectivity index (χ2n) is 8.72. The van der Waals surface area contributed by atoms with Crippen LogP contribution < -0.4 is 10.1 Å². The molecule has 0 radical (unpaired) electrons. The maximum absolute atomic E-state index is 13.6. The third-order valence-electron chi connectivity index (χ3n) is 6.04. The summed E-state index contributed by atoms with van der Waals surface area (Å²) >= 11 is 1.43. The molecular weight excluding hydrogens is 496 g/mol. The maximum atomic E-state index is 13.6. The molecule has 1 unspecified atom stereocenters. The SMILES string of the molecule is COc1cnc(C(F)F)cc1-c1cc(-c2cnn(C)n2)ccc1C1=NC2NC=C(C#CC3CC3)N=C2S1. The summed E-state index contributed by atoms with van der Waals surface area (Å²) in [7, 11) is 3.22. The van der Waals surface area contributed by atoms with Crippen LogP contribution in [0.3, 0.4) is 0 Å². The van der Waals surface area contributed by atoms with Gasteiger partial charge in [0.1, 0.15) is 32.9 Å². The number of rotatable bonds is 5. The van der Waals surface area contributed by atoms with E-state index >= 15 is 0 Å². The van der Waals surface area contributed by atoms with Crippen molar-refractivity contribution < 1.29 is 13.5 Å². The smallest absolute Gasteiger partial charge is 0.280 e. The standard InChI is InChI=1S/C26H21F2N7OS/c1-35-31-12-21(34-35)15-6-8-17(18(9-15)19-10-20(23(27)28)29-13-22(19)36-2)25-33-24-26(37-25)32-16(11-30-24)7-5-14-3-4-14/h6,8-14,23-24,30H,3-4H2,1-2H3. The zero-order chi connectivity index (χ0) is 25.5. The first-order chi connectivity index (χ1) is 18.0. The number of allylic oxidation sites excluding steroid dienone is 1. The van der Waals surface area contributed by atoms with Gasteiger partial charge in [-0.2, -0.15) is 15.0 Å². The molecule has 0 spiro atoms. The Bertz CT molecular complexity index is 1550. The number of halogens is 2. The lowest BCUT2D eigenvalue weighted by atomic mass is 9.96. The van der Waals surface area contributed by atoms with Crippen LogP contribution in [0.5, 0.6) is 5.75 Å². The number of aliphatic imine (C=N–C) groups is 2. The van der Waals surface area contributed by atoms with E-state index in [1.165, 1.54) is 35.9 Å². The summed E-state index contributed by atoms with van der Waals surface area (Å²) in [6.07, 6.45) is 4.00. The van der Waals surface area contributed by atoms with Crippen LogP contribution in [-0.2, 0) is 7.05 Å². The van der Waals surface area contributed by atoms with Crippen molar-refractivity contribution in [2.24, 2.45) is 23.0 Å². The summed E-state index contributed by atoms with van der Waals surface area (Å²) in [5.41, 5.74) is 3.67. The Morgan fingerprint density at radius 2 is 2.03 bits per heavy atom. The van der Waals surface area contributed by atoms with Gasteiger partial charge < -0.3 is 10.1 Å². The number of nitrogens with zero attached hydrogens (tertiary/aromatic N) is 6. The number of fused-ring (bicyclic) bond motifs is 1. The molecule has 1 N–H and O–H groups in total. The van der Waals surface area contributed by atoms with E-state index in [0.717, 1.165) is 29.0 Å². The van der Waals surface area contributed by atoms with Crippen molar-refractivity contribution in [3.63, 3.8) is 0 Å². The fraction of sp³-hybridized carbons (Fsp3) is 0.269. The van der Waals surface area contributed by atoms with Crippen molar-refractivity contribution in [1.29, 1.82) is 0 Å². The third-order valence-corrected chi connectivity index (χ3v) is 7.08. The molecule has 0 saturated heterocycles. The van der Waals surface area contributed by atoms with Gasteiger partial charge in [-0.05, 0) is 48.2 Å². The minimum absolute atomic E-state index is 0.324. The molecule has 1 saturated carbocycles. The van der Waals surface area contributed by atoms with Crippen molar-refractivity contribution in [2.75, 3.05) is 7.11 Å². The van der Waals surface area contributed by atoms with Crippen LogP contribution in [-0.4, -0.2) is 43.3 Å². The summed E-state index contributed by atoms with van der Waals surface area (Å²) < 4.78 is 32.7. The van der Waals surface area contributed by atoms with Crippen molar-refractivity contribution >= 4 is 21.8 Å². The number of thioether (sulfide) groups is 1. The highest BCUT2D eigenvalue weighted by Gasteiger charge is 2.31. The van der Waals surface area contributed by atoms with Crippen molar-refractivity contribution in [1.82, 2.24) is 25.3 Å². The predicted molar refractivity (Wildman–Crippen MR) is 138 cm³/mol. The maximum Gasteiger partial charge on any atom is 0.280 e. The summed E-state index contributed by atoms with van der Waals surface area (Å²) in [4.78, 5) is 14.9. The molecule has 0 bridgehead atoms. The van der Waals surface area contributed by atoms with Gasteiger partial charge in [0.05, 0.1) is 19.5 Å². The van der Waals surface area contributed by atoms with E-state index in [0.29, 0.717) is 39.2 Å². The molecular formula is C26H21F2N7OS. The Hall–Kier alpha value is -4.04. The minimum Gasteiger partial charge on any atom is -0.494 e. The van der Waals surface area contributed by atoms with Gasteiger partial charge in [0.25, 0.3) is 6.43 Å². The largest absolute Gasteiger partial charge is 0.494 e. The van der Waals surface area contributed by atoms with Crippen LogP contribution in [0.2, 0.25) is 0 Å². The second kappa shape index (κ2) is 9.44. The molecule has 37 heavy (non-hydrogen) atoms. The quantitative estimate of drug-likeness (QED) is 0.499. The number of benzene rings is 1. The van der Waals surface area contributed by atoms with Gasteiger partial charge in [-0.3, -0.25) is 4.98 Å². The number of aryl methyl sites for hydroxylation is 1. The van der Waals surface area contributed by atoms with E-state index in [1.807, 2.05) is 18.2 Å². The number of nitrogens with one attached hydrogen (secondary N) is 1. The van der Waals surface area contributed by atoms with Gasteiger partial charge >= 0.3 is 0 Å². The number of aromatic nitrogens is 4. The second-order valence-corrected chi connectivity index (χ2v) is 9.73. The number of methoxy groups -OCH3 is 1. The van der Waals surface area contributed by atoms with Gasteiger partial charge in [0.15, 0.2) is 6.17 Å². The molecule has 1 fully saturated rings. The Balaban J connectivity index is 1.43. The summed E-state index contributed by atoms with van der Waals surface area (Å²) in [6.45, 7) is 0. The van der Waals surface area contributed by atoms with Gasteiger partial charge in [-0.25, -0.2) is 18.8 Å². The molecule has 0 amide bonds.